The summed E-state index contributed by atoms with van der Waals surface area (Å²) in [6.07, 6.45) is 4.84. The van der Waals surface area contributed by atoms with Crippen molar-refractivity contribution in [1.82, 2.24) is 15.5 Å². The van der Waals surface area contributed by atoms with E-state index in [2.05, 4.69) is 15.5 Å². The van der Waals surface area contributed by atoms with Gasteiger partial charge < -0.3 is 9.84 Å². The monoisotopic (exact) mass is 239 g/mol. The Hall–Kier alpha value is -0.550. The molecule has 2 aliphatic heterocycles. The Balaban J connectivity index is 1.71. The topological polar surface area (TPSA) is 51.0 Å². The van der Waals surface area contributed by atoms with Gasteiger partial charge in [-0.1, -0.05) is 11.6 Å². The largest absolute Gasteiger partial charge is 0.338 e. The van der Waals surface area contributed by atoms with Crippen LogP contribution in [0.2, 0.25) is 0 Å². The summed E-state index contributed by atoms with van der Waals surface area (Å²) < 4.78 is 5.38. The third kappa shape index (κ3) is 2.11. The molecular weight excluding hydrogens is 222 g/mol. The minimum absolute atomic E-state index is 0.295. The lowest BCUT2D eigenvalue weighted by Gasteiger charge is -2.19. The molecule has 0 saturated carbocycles. The first-order valence-electron chi connectivity index (χ1n) is 6.08. The maximum atomic E-state index is 5.38. The molecule has 1 aromatic heterocycles. The zero-order valence-electron chi connectivity index (χ0n) is 9.32. The molecular formula is C11H17N3OS. The zero-order chi connectivity index (χ0) is 10.8. The Morgan fingerprint density at radius 1 is 1.31 bits per heavy atom. The van der Waals surface area contributed by atoms with Crippen LogP contribution in [-0.4, -0.2) is 28.2 Å². The zero-order valence-corrected chi connectivity index (χ0v) is 10.1. The highest BCUT2D eigenvalue weighted by Crippen LogP contribution is 2.31. The molecule has 3 rings (SSSR count). The number of nitrogens with one attached hydrogen (secondary N) is 1. The Morgan fingerprint density at radius 2 is 2.31 bits per heavy atom. The van der Waals surface area contributed by atoms with E-state index >= 15 is 0 Å². The summed E-state index contributed by atoms with van der Waals surface area (Å²) >= 11 is 1.98. The Morgan fingerprint density at radius 3 is 3.06 bits per heavy atom. The predicted molar refractivity (Wildman–Crippen MR) is 63.6 cm³/mol. The number of aromatic nitrogens is 2. The number of rotatable bonds is 2. The molecule has 5 heteroatoms. The van der Waals surface area contributed by atoms with Gasteiger partial charge in [0.2, 0.25) is 5.89 Å². The first-order chi connectivity index (χ1) is 7.93. The maximum Gasteiger partial charge on any atom is 0.243 e. The SMILES string of the molecule is C1CCC(c2nc(C3CCSC3)no2)NC1. The van der Waals surface area contributed by atoms with Gasteiger partial charge >= 0.3 is 0 Å². The van der Waals surface area contributed by atoms with Crippen LogP contribution in [0.4, 0.5) is 0 Å². The quantitative estimate of drug-likeness (QED) is 0.856. The van der Waals surface area contributed by atoms with Gasteiger partial charge in [-0.3, -0.25) is 0 Å². The van der Waals surface area contributed by atoms with Gasteiger partial charge in [-0.25, -0.2) is 0 Å². The third-order valence-corrected chi connectivity index (χ3v) is 4.52. The van der Waals surface area contributed by atoms with Gasteiger partial charge in [-0.15, -0.1) is 0 Å². The molecule has 1 aromatic rings. The average molecular weight is 239 g/mol. The van der Waals surface area contributed by atoms with Gasteiger partial charge in [0.1, 0.15) is 0 Å². The van der Waals surface area contributed by atoms with Crippen molar-refractivity contribution >= 4 is 11.8 Å². The van der Waals surface area contributed by atoms with E-state index in [9.17, 15) is 0 Å². The van der Waals surface area contributed by atoms with Crippen LogP contribution in [0, 0.1) is 0 Å². The van der Waals surface area contributed by atoms with E-state index in [1.807, 2.05) is 11.8 Å². The summed E-state index contributed by atoms with van der Waals surface area (Å²) in [6, 6.07) is 0.295. The average Bonchev–Trinajstić information content (AvgIpc) is 3.01. The molecule has 3 heterocycles. The van der Waals surface area contributed by atoms with Crippen molar-refractivity contribution in [3.8, 4) is 0 Å². The lowest BCUT2D eigenvalue weighted by atomic mass is 10.1. The van der Waals surface area contributed by atoms with Crippen LogP contribution in [0.5, 0.6) is 0 Å². The highest BCUT2D eigenvalue weighted by Gasteiger charge is 2.26. The summed E-state index contributed by atoms with van der Waals surface area (Å²) in [7, 11) is 0. The lowest BCUT2D eigenvalue weighted by Crippen LogP contribution is -2.27. The highest BCUT2D eigenvalue weighted by molar-refractivity contribution is 7.99. The van der Waals surface area contributed by atoms with E-state index in [1.165, 1.54) is 25.0 Å². The Kier molecular flexibility index (Phi) is 3.15. The van der Waals surface area contributed by atoms with Crippen LogP contribution >= 0.6 is 11.8 Å². The van der Waals surface area contributed by atoms with Crippen molar-refractivity contribution < 1.29 is 4.52 Å². The molecule has 0 amide bonds. The third-order valence-electron chi connectivity index (χ3n) is 3.36. The summed E-state index contributed by atoms with van der Waals surface area (Å²) in [5.41, 5.74) is 0. The predicted octanol–water partition coefficient (Wildman–Crippen LogP) is 2.10. The molecule has 2 unspecified atom stereocenters. The van der Waals surface area contributed by atoms with E-state index < -0.39 is 0 Å². The van der Waals surface area contributed by atoms with E-state index in [-0.39, 0.29) is 0 Å². The summed E-state index contributed by atoms with van der Waals surface area (Å²) in [5.74, 6) is 4.62. The molecule has 1 N–H and O–H groups in total. The van der Waals surface area contributed by atoms with Crippen molar-refractivity contribution in [2.45, 2.75) is 37.6 Å². The van der Waals surface area contributed by atoms with E-state index in [0.29, 0.717) is 12.0 Å². The van der Waals surface area contributed by atoms with Crippen LogP contribution in [0.3, 0.4) is 0 Å². The second kappa shape index (κ2) is 4.75. The molecule has 0 aliphatic carbocycles. The van der Waals surface area contributed by atoms with Gasteiger partial charge in [0.05, 0.1) is 6.04 Å². The highest BCUT2D eigenvalue weighted by atomic mass is 32.2. The van der Waals surface area contributed by atoms with Crippen LogP contribution in [0.15, 0.2) is 4.52 Å². The number of piperidine rings is 1. The molecule has 16 heavy (non-hydrogen) atoms. The molecule has 0 radical (unpaired) electrons. The van der Waals surface area contributed by atoms with Crippen molar-refractivity contribution in [2.75, 3.05) is 18.1 Å². The molecule has 0 spiro atoms. The minimum Gasteiger partial charge on any atom is -0.338 e. The second-order valence-electron chi connectivity index (χ2n) is 4.55. The first kappa shape index (κ1) is 10.6. The molecule has 0 aromatic carbocycles. The molecule has 4 nitrogen and oxygen atoms in total. The normalized spacial score (nSPS) is 30.8. The van der Waals surface area contributed by atoms with E-state index in [1.54, 1.807) is 0 Å². The smallest absolute Gasteiger partial charge is 0.243 e. The fourth-order valence-corrected chi connectivity index (χ4v) is 3.57. The number of nitrogens with zero attached hydrogens (tertiary/aromatic N) is 2. The summed E-state index contributed by atoms with van der Waals surface area (Å²) in [5, 5.41) is 7.57. The Bertz CT molecular complexity index is 343. The summed E-state index contributed by atoms with van der Waals surface area (Å²) in [4.78, 5) is 4.56. The van der Waals surface area contributed by atoms with Crippen LogP contribution in [-0.2, 0) is 0 Å². The van der Waals surface area contributed by atoms with E-state index in [4.69, 9.17) is 4.52 Å². The number of hydrogen-bond donors (Lipinski definition) is 1. The van der Waals surface area contributed by atoms with Crippen LogP contribution in [0.25, 0.3) is 0 Å². The standard InChI is InChI=1S/C11H17N3OS/c1-2-5-12-9(3-1)11-13-10(14-15-11)8-4-6-16-7-8/h8-9,12H,1-7H2. The van der Waals surface area contributed by atoms with Crippen molar-refractivity contribution in [3.05, 3.63) is 11.7 Å². The first-order valence-corrected chi connectivity index (χ1v) is 7.23. The second-order valence-corrected chi connectivity index (χ2v) is 5.70. The van der Waals surface area contributed by atoms with Gasteiger partial charge in [0, 0.05) is 11.7 Å². The van der Waals surface area contributed by atoms with Crippen LogP contribution < -0.4 is 5.32 Å². The van der Waals surface area contributed by atoms with Crippen molar-refractivity contribution in [1.29, 1.82) is 0 Å². The van der Waals surface area contributed by atoms with E-state index in [0.717, 1.165) is 30.4 Å². The van der Waals surface area contributed by atoms with Gasteiger partial charge in [-0.2, -0.15) is 16.7 Å². The van der Waals surface area contributed by atoms with Crippen LogP contribution in [0.1, 0.15) is 49.4 Å². The molecule has 2 fully saturated rings. The van der Waals surface area contributed by atoms with Gasteiger partial charge in [-0.05, 0) is 31.6 Å². The molecule has 2 atom stereocenters. The van der Waals surface area contributed by atoms with Crippen molar-refractivity contribution in [3.63, 3.8) is 0 Å². The maximum absolute atomic E-state index is 5.38. The molecule has 2 saturated heterocycles. The fourth-order valence-electron chi connectivity index (χ4n) is 2.36. The minimum atomic E-state index is 0.295. The van der Waals surface area contributed by atoms with Gasteiger partial charge in [0.15, 0.2) is 5.82 Å². The number of thioether (sulfide) groups is 1. The molecule has 88 valence electrons. The lowest BCUT2D eigenvalue weighted by molar-refractivity contribution is 0.295. The van der Waals surface area contributed by atoms with Gasteiger partial charge in [0.25, 0.3) is 0 Å². The number of hydrogen-bond acceptors (Lipinski definition) is 5. The molecule has 2 aliphatic rings. The Labute approximate surface area is 99.6 Å². The fraction of sp³-hybridized carbons (Fsp3) is 0.818. The van der Waals surface area contributed by atoms with Crippen molar-refractivity contribution in [2.24, 2.45) is 0 Å². The summed E-state index contributed by atoms with van der Waals surface area (Å²) in [6.45, 7) is 1.07. The molecule has 0 bridgehead atoms.